The van der Waals surface area contributed by atoms with Crippen LogP contribution in [0.25, 0.3) is 0 Å². The molecule has 0 unspecified atom stereocenters. The van der Waals surface area contributed by atoms with Crippen LogP contribution in [0, 0.1) is 6.92 Å². The van der Waals surface area contributed by atoms with Gasteiger partial charge in [-0.3, -0.25) is 9.59 Å². The number of carbonyl (C=O) groups is 3. The Morgan fingerprint density at radius 2 is 1.61 bits per heavy atom. The first-order valence-corrected chi connectivity index (χ1v) is 12.0. The Kier molecular flexibility index (Phi) is 9.83. The molecule has 0 radical (unpaired) electrons. The molecule has 0 spiro atoms. The number of carbonyl (C=O) groups excluding carboxylic acids is 3. The molecule has 2 amide bonds. The minimum Gasteiger partial charge on any atom is -0.493 e. The number of hydrazone groups is 1. The van der Waals surface area contributed by atoms with E-state index in [0.29, 0.717) is 28.4 Å². The van der Waals surface area contributed by atoms with Crippen LogP contribution in [0.1, 0.15) is 31.8 Å². The van der Waals surface area contributed by atoms with Crippen LogP contribution in [-0.4, -0.2) is 51.9 Å². The van der Waals surface area contributed by atoms with E-state index in [4.69, 9.17) is 18.9 Å². The summed E-state index contributed by atoms with van der Waals surface area (Å²) in [5.41, 5.74) is 4.33. The zero-order chi connectivity index (χ0) is 27.7. The summed E-state index contributed by atoms with van der Waals surface area (Å²) in [7, 11) is 4.32. The second kappa shape index (κ2) is 13.2. The minimum absolute atomic E-state index is 0.213. The minimum atomic E-state index is -0.574. The van der Waals surface area contributed by atoms with Gasteiger partial charge in [-0.25, -0.2) is 10.2 Å². The van der Waals surface area contributed by atoms with E-state index < -0.39 is 17.8 Å². The molecule has 0 saturated carbocycles. The lowest BCUT2D eigenvalue weighted by Gasteiger charge is -2.14. The standard InChI is InChI=1S/C27H26BrN3O7/c1-16-6-5-7-17(10-16)27(34)38-21-9-8-20(28)11-19(21)14-30-31-24(32)15-29-26(33)18-12-22(35-2)25(37-4)23(13-18)36-3/h5-14H,15H2,1-4H3,(H,29,33)(H,31,32). The van der Waals surface area contributed by atoms with Gasteiger partial charge < -0.3 is 24.3 Å². The van der Waals surface area contributed by atoms with Gasteiger partial charge in [0, 0.05) is 15.6 Å². The van der Waals surface area contributed by atoms with Crippen molar-refractivity contribution in [3.8, 4) is 23.0 Å². The van der Waals surface area contributed by atoms with Crippen LogP contribution in [0.2, 0.25) is 0 Å². The number of rotatable bonds is 10. The Hall–Kier alpha value is -4.38. The van der Waals surface area contributed by atoms with Crippen LogP contribution in [0.4, 0.5) is 0 Å². The first-order valence-electron chi connectivity index (χ1n) is 11.2. The van der Waals surface area contributed by atoms with Crippen molar-refractivity contribution < 1.29 is 33.3 Å². The lowest BCUT2D eigenvalue weighted by Crippen LogP contribution is -2.35. The van der Waals surface area contributed by atoms with E-state index in [1.807, 2.05) is 13.0 Å². The van der Waals surface area contributed by atoms with Crippen molar-refractivity contribution in [1.29, 1.82) is 0 Å². The lowest BCUT2D eigenvalue weighted by molar-refractivity contribution is -0.120. The normalized spacial score (nSPS) is 10.6. The zero-order valence-corrected chi connectivity index (χ0v) is 22.7. The molecule has 0 aliphatic carbocycles. The summed E-state index contributed by atoms with van der Waals surface area (Å²) in [5.74, 6) is -0.415. The summed E-state index contributed by atoms with van der Waals surface area (Å²) < 4.78 is 22.0. The molecule has 38 heavy (non-hydrogen) atoms. The molecule has 3 aromatic carbocycles. The smallest absolute Gasteiger partial charge is 0.343 e. The maximum atomic E-state index is 12.6. The third kappa shape index (κ3) is 7.32. The highest BCUT2D eigenvalue weighted by atomic mass is 79.9. The number of ether oxygens (including phenoxy) is 4. The zero-order valence-electron chi connectivity index (χ0n) is 21.2. The molecule has 0 heterocycles. The Bertz CT molecular complexity index is 1350. The number of benzene rings is 3. The number of nitrogens with one attached hydrogen (secondary N) is 2. The van der Waals surface area contributed by atoms with E-state index >= 15 is 0 Å². The van der Waals surface area contributed by atoms with Gasteiger partial charge in [-0.05, 0) is 49.4 Å². The second-order valence-corrected chi connectivity index (χ2v) is 8.75. The van der Waals surface area contributed by atoms with Crippen LogP contribution < -0.4 is 29.7 Å². The molecule has 3 aromatic rings. The van der Waals surface area contributed by atoms with Gasteiger partial charge in [0.25, 0.3) is 11.8 Å². The summed E-state index contributed by atoms with van der Waals surface area (Å²) in [6.45, 7) is 1.53. The molecule has 0 aromatic heterocycles. The van der Waals surface area contributed by atoms with Crippen LogP contribution >= 0.6 is 15.9 Å². The topological polar surface area (TPSA) is 125 Å². The molecule has 10 nitrogen and oxygen atoms in total. The van der Waals surface area contributed by atoms with Crippen molar-refractivity contribution in [3.63, 3.8) is 0 Å². The molecule has 0 fully saturated rings. The number of nitrogens with zero attached hydrogens (tertiary/aromatic N) is 1. The Balaban J connectivity index is 1.62. The van der Waals surface area contributed by atoms with Gasteiger partial charge in [-0.1, -0.05) is 33.6 Å². The molecular weight excluding hydrogens is 558 g/mol. The predicted molar refractivity (Wildman–Crippen MR) is 144 cm³/mol. The number of hydrogen-bond donors (Lipinski definition) is 2. The first kappa shape index (κ1) is 28.2. The van der Waals surface area contributed by atoms with E-state index in [2.05, 4.69) is 31.8 Å². The first-order chi connectivity index (χ1) is 18.2. The third-order valence-electron chi connectivity index (χ3n) is 5.16. The van der Waals surface area contributed by atoms with Crippen LogP contribution in [0.15, 0.2) is 64.2 Å². The van der Waals surface area contributed by atoms with Crippen molar-refractivity contribution >= 4 is 39.9 Å². The number of aryl methyl sites for hydroxylation is 1. The molecule has 0 aliphatic rings. The SMILES string of the molecule is COc1cc(C(=O)NCC(=O)NN=Cc2cc(Br)ccc2OC(=O)c2cccc(C)c2)cc(OC)c1OC. The molecule has 198 valence electrons. The van der Waals surface area contributed by atoms with Crippen molar-refractivity contribution in [2.45, 2.75) is 6.92 Å². The average Bonchev–Trinajstić information content (AvgIpc) is 2.92. The quantitative estimate of drug-likeness (QED) is 0.160. The highest BCUT2D eigenvalue weighted by molar-refractivity contribution is 9.10. The van der Waals surface area contributed by atoms with E-state index in [1.165, 1.54) is 39.7 Å². The van der Waals surface area contributed by atoms with Crippen molar-refractivity contribution in [2.75, 3.05) is 27.9 Å². The third-order valence-corrected chi connectivity index (χ3v) is 5.65. The summed E-state index contributed by atoms with van der Waals surface area (Å²) in [5, 5.41) is 6.42. The number of halogens is 1. The molecular formula is C27H26BrN3O7. The highest BCUT2D eigenvalue weighted by Crippen LogP contribution is 2.38. The molecule has 0 atom stereocenters. The average molecular weight is 584 g/mol. The van der Waals surface area contributed by atoms with Gasteiger partial charge in [-0.2, -0.15) is 5.10 Å². The monoisotopic (exact) mass is 583 g/mol. The van der Waals surface area contributed by atoms with Crippen LogP contribution in [0.3, 0.4) is 0 Å². The summed E-state index contributed by atoms with van der Waals surface area (Å²) in [6.07, 6.45) is 1.34. The van der Waals surface area contributed by atoms with Crippen molar-refractivity contribution in [2.24, 2.45) is 5.10 Å². The molecule has 3 rings (SSSR count). The Labute approximate surface area is 228 Å². The maximum Gasteiger partial charge on any atom is 0.343 e. The fourth-order valence-corrected chi connectivity index (χ4v) is 3.71. The maximum absolute atomic E-state index is 12.6. The van der Waals surface area contributed by atoms with E-state index in [9.17, 15) is 14.4 Å². The fourth-order valence-electron chi connectivity index (χ4n) is 3.33. The highest BCUT2D eigenvalue weighted by Gasteiger charge is 2.17. The Morgan fingerprint density at radius 1 is 0.895 bits per heavy atom. The van der Waals surface area contributed by atoms with Crippen LogP contribution in [-0.2, 0) is 4.79 Å². The lowest BCUT2D eigenvalue weighted by atomic mass is 10.1. The Morgan fingerprint density at radius 3 is 2.24 bits per heavy atom. The van der Waals surface area contributed by atoms with E-state index in [0.717, 1.165) is 10.0 Å². The fraction of sp³-hybridized carbons (Fsp3) is 0.185. The number of esters is 1. The number of hydrogen-bond acceptors (Lipinski definition) is 8. The van der Waals surface area contributed by atoms with Crippen molar-refractivity contribution in [3.05, 3.63) is 81.3 Å². The summed E-state index contributed by atoms with van der Waals surface area (Å²) in [6, 6.07) is 15.0. The van der Waals surface area contributed by atoms with Gasteiger partial charge in [-0.15, -0.1) is 0 Å². The summed E-state index contributed by atoms with van der Waals surface area (Å²) in [4.78, 5) is 37.4. The molecule has 0 saturated heterocycles. The summed E-state index contributed by atoms with van der Waals surface area (Å²) >= 11 is 3.37. The van der Waals surface area contributed by atoms with Gasteiger partial charge in [0.05, 0.1) is 39.7 Å². The van der Waals surface area contributed by atoms with E-state index in [-0.39, 0.29) is 17.9 Å². The van der Waals surface area contributed by atoms with E-state index in [1.54, 1.807) is 36.4 Å². The second-order valence-electron chi connectivity index (χ2n) is 7.83. The molecule has 0 aliphatic heterocycles. The van der Waals surface area contributed by atoms with Gasteiger partial charge >= 0.3 is 5.97 Å². The number of amides is 2. The van der Waals surface area contributed by atoms with Crippen LogP contribution in [0.5, 0.6) is 23.0 Å². The van der Waals surface area contributed by atoms with Gasteiger partial charge in [0.15, 0.2) is 11.5 Å². The predicted octanol–water partition coefficient (Wildman–Crippen LogP) is 3.88. The van der Waals surface area contributed by atoms with Gasteiger partial charge in [0.1, 0.15) is 5.75 Å². The molecule has 2 N–H and O–H groups in total. The van der Waals surface area contributed by atoms with Gasteiger partial charge in [0.2, 0.25) is 5.75 Å². The number of methoxy groups -OCH3 is 3. The molecule has 0 bridgehead atoms. The largest absolute Gasteiger partial charge is 0.493 e. The molecule has 11 heteroatoms. The van der Waals surface area contributed by atoms with Crippen molar-refractivity contribution in [1.82, 2.24) is 10.7 Å².